The molecule has 2 atom stereocenters. The predicted molar refractivity (Wildman–Crippen MR) is 94.7 cm³/mol. The van der Waals surface area contributed by atoms with Crippen LogP contribution in [0.3, 0.4) is 0 Å². The lowest BCUT2D eigenvalue weighted by molar-refractivity contribution is 0.512. The molecule has 0 aliphatic carbocycles. The third kappa shape index (κ3) is 4.21. The lowest BCUT2D eigenvalue weighted by atomic mass is 9.99. The van der Waals surface area contributed by atoms with Gasteiger partial charge in [0.2, 0.25) is 0 Å². The Balaban J connectivity index is 2.28. The summed E-state index contributed by atoms with van der Waals surface area (Å²) in [5.41, 5.74) is 1.09. The van der Waals surface area contributed by atoms with Crippen molar-refractivity contribution in [2.45, 2.75) is 51.8 Å². The number of pyridine rings is 1. The van der Waals surface area contributed by atoms with Crippen molar-refractivity contribution in [3.63, 3.8) is 0 Å². The van der Waals surface area contributed by atoms with Crippen LogP contribution in [0.4, 0.5) is 5.82 Å². The van der Waals surface area contributed by atoms with Crippen LogP contribution in [0, 0.1) is 5.92 Å². The summed E-state index contributed by atoms with van der Waals surface area (Å²) in [5, 5.41) is 0.505. The first-order chi connectivity index (χ1) is 10.2. The molecular weight excluding hydrogens is 318 g/mol. The largest absolute Gasteiger partial charge is 0.356 e. The molecule has 124 valence electrons. The smallest absolute Gasteiger partial charge is 0.135 e. The van der Waals surface area contributed by atoms with Gasteiger partial charge in [-0.25, -0.2) is 13.9 Å². The van der Waals surface area contributed by atoms with Gasteiger partial charge in [0.15, 0.2) is 0 Å². The molecule has 0 saturated carbocycles. The number of nitrogens with zero attached hydrogens (tertiary/aromatic N) is 2. The summed E-state index contributed by atoms with van der Waals surface area (Å²) in [6.45, 7) is 12.2. The monoisotopic (exact) mass is 343 g/mol. The van der Waals surface area contributed by atoms with Crippen LogP contribution in [0.5, 0.6) is 0 Å². The van der Waals surface area contributed by atoms with Crippen LogP contribution in [0.2, 0.25) is 5.15 Å². The van der Waals surface area contributed by atoms with Gasteiger partial charge in [-0.15, -0.1) is 0 Å². The number of aromatic nitrogens is 1. The Hall–Kier alpha value is -0.650. The number of anilines is 1. The third-order valence-electron chi connectivity index (χ3n) is 3.62. The van der Waals surface area contributed by atoms with Crippen molar-refractivity contribution < 1.29 is 4.21 Å². The van der Waals surface area contributed by atoms with E-state index < -0.39 is 11.0 Å². The van der Waals surface area contributed by atoms with Crippen LogP contribution in [-0.2, 0) is 11.0 Å². The van der Waals surface area contributed by atoms with Gasteiger partial charge in [-0.2, -0.15) is 0 Å². The molecule has 1 aromatic rings. The molecule has 0 fully saturated rings. The van der Waals surface area contributed by atoms with Gasteiger partial charge in [-0.1, -0.05) is 31.5 Å². The molecule has 0 aromatic carbocycles. The van der Waals surface area contributed by atoms with Crippen molar-refractivity contribution in [3.05, 3.63) is 22.8 Å². The molecule has 0 spiro atoms. The van der Waals surface area contributed by atoms with Crippen molar-refractivity contribution in [1.29, 1.82) is 0 Å². The van der Waals surface area contributed by atoms with Crippen LogP contribution in [0.1, 0.15) is 52.6 Å². The van der Waals surface area contributed by atoms with Crippen LogP contribution < -0.4 is 9.62 Å². The second kappa shape index (κ2) is 6.85. The Bertz CT molecular complexity index is 557. The summed E-state index contributed by atoms with van der Waals surface area (Å²) < 4.78 is 15.4. The Labute approximate surface area is 141 Å². The van der Waals surface area contributed by atoms with Gasteiger partial charge >= 0.3 is 0 Å². The molecule has 0 radical (unpaired) electrons. The molecule has 6 heteroatoms. The van der Waals surface area contributed by atoms with Gasteiger partial charge in [-0.3, -0.25) is 0 Å². The Kier molecular flexibility index (Phi) is 5.51. The van der Waals surface area contributed by atoms with E-state index in [1.54, 1.807) is 0 Å². The summed E-state index contributed by atoms with van der Waals surface area (Å²) in [6, 6.07) is 3.88. The first-order valence-electron chi connectivity index (χ1n) is 7.78. The van der Waals surface area contributed by atoms with E-state index >= 15 is 0 Å². The molecule has 2 unspecified atom stereocenters. The highest BCUT2D eigenvalue weighted by Gasteiger charge is 2.30. The topological polar surface area (TPSA) is 45.2 Å². The lowest BCUT2D eigenvalue weighted by Gasteiger charge is -2.36. The molecule has 1 N–H and O–H groups in total. The SMILES string of the molecule is CC(C)CN1CCC(NS(=O)C(C)(C)C)c2ccc(Cl)nc21. The molecule has 1 aliphatic rings. The Morgan fingerprint density at radius 3 is 2.73 bits per heavy atom. The van der Waals surface area contributed by atoms with Crippen LogP contribution >= 0.6 is 11.6 Å². The molecule has 0 bridgehead atoms. The van der Waals surface area contributed by atoms with Crippen LogP contribution in [-0.4, -0.2) is 27.0 Å². The fourth-order valence-electron chi connectivity index (χ4n) is 2.55. The molecular formula is C16H26ClN3OS. The van der Waals surface area contributed by atoms with Crippen molar-refractivity contribution in [1.82, 2.24) is 9.71 Å². The zero-order chi connectivity index (χ0) is 16.5. The normalized spacial score (nSPS) is 20.1. The zero-order valence-electron chi connectivity index (χ0n) is 14.0. The molecule has 4 nitrogen and oxygen atoms in total. The fourth-order valence-corrected chi connectivity index (χ4v) is 3.55. The van der Waals surface area contributed by atoms with Gasteiger partial charge in [0, 0.05) is 24.7 Å². The van der Waals surface area contributed by atoms with Crippen molar-refractivity contribution >= 4 is 28.4 Å². The van der Waals surface area contributed by atoms with E-state index in [9.17, 15) is 4.21 Å². The molecule has 2 heterocycles. The molecule has 22 heavy (non-hydrogen) atoms. The maximum absolute atomic E-state index is 12.4. The van der Waals surface area contributed by atoms with Gasteiger partial charge in [-0.05, 0) is 39.2 Å². The van der Waals surface area contributed by atoms with Crippen molar-refractivity contribution in [3.8, 4) is 0 Å². The van der Waals surface area contributed by atoms with Gasteiger partial charge in [0.1, 0.15) is 11.0 Å². The summed E-state index contributed by atoms with van der Waals surface area (Å²) in [5.74, 6) is 1.48. The zero-order valence-corrected chi connectivity index (χ0v) is 15.6. The molecule has 2 rings (SSSR count). The highest BCUT2D eigenvalue weighted by atomic mass is 35.5. The highest BCUT2D eigenvalue weighted by molar-refractivity contribution is 7.84. The predicted octanol–water partition coefficient (Wildman–Crippen LogP) is 3.69. The number of hydrogen-bond donors (Lipinski definition) is 1. The van der Waals surface area contributed by atoms with E-state index in [-0.39, 0.29) is 10.8 Å². The minimum absolute atomic E-state index is 0.0586. The van der Waals surface area contributed by atoms with Crippen molar-refractivity contribution in [2.24, 2.45) is 5.92 Å². The average molecular weight is 344 g/mol. The lowest BCUT2D eigenvalue weighted by Crippen LogP contribution is -2.42. The molecule has 1 aromatic heterocycles. The maximum atomic E-state index is 12.4. The van der Waals surface area contributed by atoms with Crippen LogP contribution in [0.25, 0.3) is 0 Å². The number of nitrogens with one attached hydrogen (secondary N) is 1. The Morgan fingerprint density at radius 1 is 1.45 bits per heavy atom. The Morgan fingerprint density at radius 2 is 2.14 bits per heavy atom. The second-order valence-electron chi connectivity index (χ2n) is 7.23. The highest BCUT2D eigenvalue weighted by Crippen LogP contribution is 2.34. The first kappa shape index (κ1) is 17.7. The molecule has 0 saturated heterocycles. The van der Waals surface area contributed by atoms with Gasteiger partial charge in [0.25, 0.3) is 0 Å². The number of rotatable bonds is 4. The van der Waals surface area contributed by atoms with Gasteiger partial charge < -0.3 is 4.90 Å². The number of halogens is 1. The summed E-state index contributed by atoms with van der Waals surface area (Å²) >= 11 is 6.09. The van der Waals surface area contributed by atoms with E-state index in [0.717, 1.165) is 30.9 Å². The fraction of sp³-hybridized carbons (Fsp3) is 0.688. The molecule has 1 aliphatic heterocycles. The summed E-state index contributed by atoms with van der Waals surface area (Å²) in [6.07, 6.45) is 0.921. The standard InChI is InChI=1S/C16H26ClN3OS/c1-11(2)10-20-9-8-13(19-22(21)16(3,4)5)12-6-7-14(17)18-15(12)20/h6-7,11,13,19H,8-10H2,1-5H3. The van der Waals surface area contributed by atoms with E-state index in [1.165, 1.54) is 0 Å². The van der Waals surface area contributed by atoms with Gasteiger partial charge in [0.05, 0.1) is 15.7 Å². The average Bonchev–Trinajstić information content (AvgIpc) is 2.39. The first-order valence-corrected chi connectivity index (χ1v) is 9.30. The summed E-state index contributed by atoms with van der Waals surface area (Å²) in [7, 11) is -1.10. The van der Waals surface area contributed by atoms with E-state index in [1.807, 2.05) is 32.9 Å². The van der Waals surface area contributed by atoms with Crippen molar-refractivity contribution in [2.75, 3.05) is 18.0 Å². The molecule has 0 amide bonds. The summed E-state index contributed by atoms with van der Waals surface area (Å²) in [4.78, 5) is 6.80. The minimum Gasteiger partial charge on any atom is -0.356 e. The number of hydrogen-bond acceptors (Lipinski definition) is 3. The van der Waals surface area contributed by atoms with E-state index in [2.05, 4.69) is 28.5 Å². The third-order valence-corrected chi connectivity index (χ3v) is 5.45. The second-order valence-corrected chi connectivity index (χ2v) is 9.61. The maximum Gasteiger partial charge on any atom is 0.135 e. The van der Waals surface area contributed by atoms with E-state index in [0.29, 0.717) is 11.1 Å². The van der Waals surface area contributed by atoms with Crippen LogP contribution in [0.15, 0.2) is 12.1 Å². The number of fused-ring (bicyclic) bond motifs is 1. The van der Waals surface area contributed by atoms with E-state index in [4.69, 9.17) is 11.6 Å². The quantitative estimate of drug-likeness (QED) is 0.848. The minimum atomic E-state index is -1.10.